The molecule has 0 aliphatic carbocycles. The molecule has 1 aliphatic rings. The molecule has 0 aromatic heterocycles. The molecule has 0 fully saturated rings. The first-order chi connectivity index (χ1) is 8.81. The van der Waals surface area contributed by atoms with Gasteiger partial charge in [-0.3, -0.25) is 0 Å². The molecule has 0 saturated carbocycles. The second kappa shape index (κ2) is 4.61. The zero-order chi connectivity index (χ0) is 12.4. The second-order valence-electron chi connectivity index (χ2n) is 4.52. The SMILES string of the molecule is Oc1ccc(C[C@H]2COc3ccccc3N2)cc1. The fourth-order valence-electron chi connectivity index (χ4n) is 2.19. The lowest BCUT2D eigenvalue weighted by Gasteiger charge is -2.27. The van der Waals surface area contributed by atoms with Gasteiger partial charge in [-0.15, -0.1) is 0 Å². The average Bonchev–Trinajstić information content (AvgIpc) is 2.41. The van der Waals surface area contributed by atoms with Crippen LogP contribution in [-0.4, -0.2) is 17.8 Å². The van der Waals surface area contributed by atoms with Gasteiger partial charge in [0.05, 0.1) is 11.7 Å². The van der Waals surface area contributed by atoms with Crippen molar-refractivity contribution < 1.29 is 9.84 Å². The lowest BCUT2D eigenvalue weighted by Crippen LogP contribution is -2.33. The summed E-state index contributed by atoms with van der Waals surface area (Å²) >= 11 is 0. The summed E-state index contributed by atoms with van der Waals surface area (Å²) < 4.78 is 5.72. The van der Waals surface area contributed by atoms with Crippen molar-refractivity contribution in [3.8, 4) is 11.5 Å². The van der Waals surface area contributed by atoms with E-state index >= 15 is 0 Å². The Hall–Kier alpha value is -2.16. The number of para-hydroxylation sites is 2. The third kappa shape index (κ3) is 2.25. The molecular formula is C15H15NO2. The van der Waals surface area contributed by atoms with Crippen LogP contribution in [0.15, 0.2) is 48.5 Å². The van der Waals surface area contributed by atoms with E-state index in [1.54, 1.807) is 12.1 Å². The van der Waals surface area contributed by atoms with Gasteiger partial charge in [0.1, 0.15) is 18.1 Å². The predicted molar refractivity (Wildman–Crippen MR) is 71.2 cm³/mol. The Morgan fingerprint density at radius 3 is 2.72 bits per heavy atom. The van der Waals surface area contributed by atoms with E-state index in [1.165, 1.54) is 5.56 Å². The molecule has 3 nitrogen and oxygen atoms in total. The van der Waals surface area contributed by atoms with Crippen LogP contribution in [0.4, 0.5) is 5.69 Å². The van der Waals surface area contributed by atoms with Gasteiger partial charge in [0.2, 0.25) is 0 Å². The topological polar surface area (TPSA) is 41.5 Å². The van der Waals surface area contributed by atoms with Crippen molar-refractivity contribution in [3.63, 3.8) is 0 Å². The molecule has 1 heterocycles. The number of benzene rings is 2. The number of hydrogen-bond donors (Lipinski definition) is 2. The van der Waals surface area contributed by atoms with Gasteiger partial charge in [0, 0.05) is 0 Å². The van der Waals surface area contributed by atoms with Gasteiger partial charge >= 0.3 is 0 Å². The maximum atomic E-state index is 9.25. The monoisotopic (exact) mass is 241 g/mol. The van der Waals surface area contributed by atoms with Crippen molar-refractivity contribution in [2.45, 2.75) is 12.5 Å². The quantitative estimate of drug-likeness (QED) is 0.849. The third-order valence-corrected chi connectivity index (χ3v) is 3.11. The van der Waals surface area contributed by atoms with E-state index in [2.05, 4.69) is 5.32 Å². The number of fused-ring (bicyclic) bond motifs is 1. The van der Waals surface area contributed by atoms with Crippen LogP contribution in [0, 0.1) is 0 Å². The molecule has 0 saturated heterocycles. The number of rotatable bonds is 2. The van der Waals surface area contributed by atoms with Crippen molar-refractivity contribution in [1.29, 1.82) is 0 Å². The fourth-order valence-corrected chi connectivity index (χ4v) is 2.19. The first-order valence-corrected chi connectivity index (χ1v) is 6.07. The first-order valence-electron chi connectivity index (χ1n) is 6.07. The van der Waals surface area contributed by atoms with Crippen LogP contribution in [0.1, 0.15) is 5.56 Å². The van der Waals surface area contributed by atoms with E-state index in [9.17, 15) is 5.11 Å². The highest BCUT2D eigenvalue weighted by Gasteiger charge is 2.18. The summed E-state index contributed by atoms with van der Waals surface area (Å²) in [5.41, 5.74) is 2.24. The van der Waals surface area contributed by atoms with Crippen LogP contribution in [0.3, 0.4) is 0 Å². The van der Waals surface area contributed by atoms with Gasteiger partial charge in [-0.1, -0.05) is 24.3 Å². The molecule has 0 bridgehead atoms. The van der Waals surface area contributed by atoms with Crippen LogP contribution in [0.5, 0.6) is 11.5 Å². The largest absolute Gasteiger partial charge is 0.508 e. The molecule has 2 aromatic rings. The van der Waals surface area contributed by atoms with Gasteiger partial charge in [-0.25, -0.2) is 0 Å². The highest BCUT2D eigenvalue weighted by Crippen LogP contribution is 2.28. The van der Waals surface area contributed by atoms with E-state index in [-0.39, 0.29) is 6.04 Å². The first kappa shape index (κ1) is 11.0. The Balaban J connectivity index is 1.71. The molecular weight excluding hydrogens is 226 g/mol. The Bertz CT molecular complexity index is 536. The molecule has 0 amide bonds. The fraction of sp³-hybridized carbons (Fsp3) is 0.200. The molecule has 2 N–H and O–H groups in total. The van der Waals surface area contributed by atoms with Gasteiger partial charge < -0.3 is 15.2 Å². The zero-order valence-corrected chi connectivity index (χ0v) is 9.97. The van der Waals surface area contributed by atoms with E-state index < -0.39 is 0 Å². The van der Waals surface area contributed by atoms with Crippen molar-refractivity contribution in [1.82, 2.24) is 0 Å². The van der Waals surface area contributed by atoms with Crippen LogP contribution in [0.2, 0.25) is 0 Å². The van der Waals surface area contributed by atoms with Crippen molar-refractivity contribution in [2.24, 2.45) is 0 Å². The van der Waals surface area contributed by atoms with Crippen molar-refractivity contribution in [2.75, 3.05) is 11.9 Å². The number of ether oxygens (including phenoxy) is 1. The van der Waals surface area contributed by atoms with Crippen molar-refractivity contribution in [3.05, 3.63) is 54.1 Å². The molecule has 2 aromatic carbocycles. The van der Waals surface area contributed by atoms with E-state index in [0.29, 0.717) is 12.4 Å². The normalized spacial score (nSPS) is 17.4. The number of aromatic hydroxyl groups is 1. The Morgan fingerprint density at radius 2 is 1.89 bits per heavy atom. The summed E-state index contributed by atoms with van der Waals surface area (Å²) in [6.07, 6.45) is 0.884. The number of phenolic OH excluding ortho intramolecular Hbond substituents is 1. The average molecular weight is 241 g/mol. The van der Waals surface area contributed by atoms with Crippen LogP contribution in [0.25, 0.3) is 0 Å². The Morgan fingerprint density at radius 1 is 1.11 bits per heavy atom. The summed E-state index contributed by atoms with van der Waals surface area (Å²) in [6, 6.07) is 15.6. The molecule has 3 heteroatoms. The molecule has 0 radical (unpaired) electrons. The number of phenols is 1. The number of anilines is 1. The van der Waals surface area contributed by atoms with Crippen LogP contribution in [-0.2, 0) is 6.42 Å². The van der Waals surface area contributed by atoms with Gasteiger partial charge in [0.15, 0.2) is 0 Å². The summed E-state index contributed by atoms with van der Waals surface area (Å²) in [5, 5.41) is 12.7. The van der Waals surface area contributed by atoms with Gasteiger partial charge in [-0.05, 0) is 36.2 Å². The maximum absolute atomic E-state index is 9.25. The van der Waals surface area contributed by atoms with Crippen LogP contribution < -0.4 is 10.1 Å². The molecule has 0 spiro atoms. The zero-order valence-electron chi connectivity index (χ0n) is 9.97. The minimum atomic E-state index is 0.268. The summed E-state index contributed by atoms with van der Waals surface area (Å²) in [5.74, 6) is 1.22. The van der Waals surface area contributed by atoms with E-state index in [1.807, 2.05) is 36.4 Å². The summed E-state index contributed by atoms with van der Waals surface area (Å²) in [4.78, 5) is 0. The second-order valence-corrected chi connectivity index (χ2v) is 4.52. The number of nitrogens with one attached hydrogen (secondary N) is 1. The molecule has 3 rings (SSSR count). The molecule has 1 atom stereocenters. The van der Waals surface area contributed by atoms with E-state index in [0.717, 1.165) is 17.9 Å². The molecule has 1 aliphatic heterocycles. The molecule has 92 valence electrons. The third-order valence-electron chi connectivity index (χ3n) is 3.11. The predicted octanol–water partition coefficient (Wildman–Crippen LogP) is 2.81. The minimum Gasteiger partial charge on any atom is -0.508 e. The standard InChI is InChI=1S/C15H15NO2/c17-13-7-5-11(6-8-13)9-12-10-18-15-4-2-1-3-14(15)16-12/h1-8,12,16-17H,9-10H2/t12-/m0/s1. The maximum Gasteiger partial charge on any atom is 0.142 e. The highest BCUT2D eigenvalue weighted by molar-refractivity contribution is 5.58. The number of hydrogen-bond acceptors (Lipinski definition) is 3. The van der Waals surface area contributed by atoms with E-state index in [4.69, 9.17) is 4.74 Å². The van der Waals surface area contributed by atoms with Crippen molar-refractivity contribution >= 4 is 5.69 Å². The highest BCUT2D eigenvalue weighted by atomic mass is 16.5. The molecule has 0 unspecified atom stereocenters. The lowest BCUT2D eigenvalue weighted by molar-refractivity contribution is 0.283. The molecule has 18 heavy (non-hydrogen) atoms. The Labute approximate surface area is 106 Å². The van der Waals surface area contributed by atoms with Gasteiger partial charge in [-0.2, -0.15) is 0 Å². The van der Waals surface area contributed by atoms with Crippen LogP contribution >= 0.6 is 0 Å². The Kier molecular flexibility index (Phi) is 2.81. The summed E-state index contributed by atoms with van der Waals surface area (Å²) in [6.45, 7) is 0.665. The van der Waals surface area contributed by atoms with Gasteiger partial charge in [0.25, 0.3) is 0 Å². The smallest absolute Gasteiger partial charge is 0.142 e. The minimum absolute atomic E-state index is 0.268. The lowest BCUT2D eigenvalue weighted by atomic mass is 10.0. The summed E-state index contributed by atoms with van der Waals surface area (Å²) in [7, 11) is 0.